The molecule has 2 aliphatic rings. The third-order valence-electron chi connectivity index (χ3n) is 6.83. The first-order valence-electron chi connectivity index (χ1n) is 11.2. The van der Waals surface area contributed by atoms with Gasteiger partial charge in [0.15, 0.2) is 6.79 Å². The van der Waals surface area contributed by atoms with Gasteiger partial charge in [0.2, 0.25) is 5.79 Å². The van der Waals surface area contributed by atoms with E-state index < -0.39 is 5.79 Å². The number of methoxy groups -OCH3 is 1. The number of fused-ring (bicyclic) bond motifs is 3. The highest BCUT2D eigenvalue weighted by Crippen LogP contribution is 2.46. The van der Waals surface area contributed by atoms with Crippen molar-refractivity contribution in [2.75, 3.05) is 38.4 Å². The maximum atomic E-state index is 6.37. The van der Waals surface area contributed by atoms with Crippen molar-refractivity contribution in [1.82, 2.24) is 5.32 Å². The fourth-order valence-electron chi connectivity index (χ4n) is 5.20. The molecule has 1 N–H and O–H groups in total. The molecule has 2 heterocycles. The van der Waals surface area contributed by atoms with Crippen molar-refractivity contribution in [2.45, 2.75) is 11.8 Å². The van der Waals surface area contributed by atoms with Gasteiger partial charge in [-0.1, -0.05) is 41.9 Å². The van der Waals surface area contributed by atoms with Crippen LogP contribution in [0.1, 0.15) is 5.56 Å². The number of rotatable bonds is 4. The van der Waals surface area contributed by atoms with Gasteiger partial charge in [-0.15, -0.1) is 0 Å². The van der Waals surface area contributed by atoms with Crippen LogP contribution in [0.5, 0.6) is 5.75 Å². The monoisotopic (exact) mass is 460 g/mol. The van der Waals surface area contributed by atoms with Crippen LogP contribution in [0.15, 0.2) is 72.8 Å². The van der Waals surface area contributed by atoms with Crippen molar-refractivity contribution < 1.29 is 14.2 Å². The number of ether oxygens (including phenoxy) is 3. The van der Waals surface area contributed by atoms with Gasteiger partial charge in [0, 0.05) is 35.9 Å². The topological polar surface area (TPSA) is 43.0 Å². The van der Waals surface area contributed by atoms with Gasteiger partial charge in [-0.2, -0.15) is 0 Å². The van der Waals surface area contributed by atoms with Crippen molar-refractivity contribution in [3.63, 3.8) is 0 Å². The van der Waals surface area contributed by atoms with Crippen LogP contribution < -0.4 is 15.0 Å². The molecule has 1 atom stereocenters. The summed E-state index contributed by atoms with van der Waals surface area (Å²) < 4.78 is 18.3. The van der Waals surface area contributed by atoms with E-state index in [4.69, 9.17) is 25.8 Å². The number of piperazine rings is 1. The third kappa shape index (κ3) is 3.35. The smallest absolute Gasteiger partial charge is 0.222 e. The number of anilines is 1. The molecule has 0 radical (unpaired) electrons. The number of nitrogens with zero attached hydrogens (tertiary/aromatic N) is 1. The van der Waals surface area contributed by atoms with Crippen LogP contribution in [0.25, 0.3) is 21.5 Å². The SMILES string of the molecule is COc1ccc2c(C3(C4CNCCN4c4ccc(Cl)cc4)OCO3)cc3ccccc3c2c1. The summed E-state index contributed by atoms with van der Waals surface area (Å²) in [5.74, 6) is -0.0550. The van der Waals surface area contributed by atoms with E-state index in [0.717, 1.165) is 57.8 Å². The fourth-order valence-corrected chi connectivity index (χ4v) is 5.32. The minimum Gasteiger partial charge on any atom is -0.497 e. The van der Waals surface area contributed by atoms with E-state index >= 15 is 0 Å². The molecule has 2 saturated heterocycles. The predicted molar refractivity (Wildman–Crippen MR) is 132 cm³/mol. The van der Waals surface area contributed by atoms with Crippen LogP contribution in [0, 0.1) is 0 Å². The summed E-state index contributed by atoms with van der Waals surface area (Å²) >= 11 is 6.17. The molecular weight excluding hydrogens is 436 g/mol. The highest BCUT2D eigenvalue weighted by molar-refractivity contribution is 6.30. The van der Waals surface area contributed by atoms with Crippen LogP contribution in [-0.4, -0.2) is 39.6 Å². The minimum atomic E-state index is -0.885. The Morgan fingerprint density at radius 2 is 1.79 bits per heavy atom. The quantitative estimate of drug-likeness (QED) is 0.419. The second-order valence-electron chi connectivity index (χ2n) is 8.52. The minimum absolute atomic E-state index is 0.0485. The van der Waals surface area contributed by atoms with Gasteiger partial charge in [0.1, 0.15) is 11.8 Å². The van der Waals surface area contributed by atoms with E-state index in [0.29, 0.717) is 0 Å². The molecule has 2 fully saturated rings. The zero-order chi connectivity index (χ0) is 22.4. The van der Waals surface area contributed by atoms with E-state index in [1.165, 1.54) is 5.39 Å². The molecule has 1 unspecified atom stereocenters. The Bertz CT molecular complexity index is 1320. The van der Waals surface area contributed by atoms with E-state index in [1.807, 2.05) is 18.2 Å². The Morgan fingerprint density at radius 1 is 0.970 bits per heavy atom. The van der Waals surface area contributed by atoms with E-state index in [2.05, 4.69) is 64.8 Å². The lowest BCUT2D eigenvalue weighted by molar-refractivity contribution is -0.416. The normalized spacial score (nSPS) is 20.1. The molecule has 168 valence electrons. The highest BCUT2D eigenvalue weighted by Gasteiger charge is 2.53. The predicted octanol–water partition coefficient (Wildman–Crippen LogP) is 5.29. The first-order valence-corrected chi connectivity index (χ1v) is 11.6. The first kappa shape index (κ1) is 20.8. The van der Waals surface area contributed by atoms with Crippen LogP contribution in [-0.2, 0) is 15.3 Å². The molecule has 4 aromatic carbocycles. The molecular formula is C27H25ClN2O3. The number of benzene rings is 4. The number of hydrogen-bond acceptors (Lipinski definition) is 5. The van der Waals surface area contributed by atoms with Crippen molar-refractivity contribution in [2.24, 2.45) is 0 Å². The van der Waals surface area contributed by atoms with Gasteiger partial charge >= 0.3 is 0 Å². The number of hydrogen-bond donors (Lipinski definition) is 1. The molecule has 0 saturated carbocycles. The lowest BCUT2D eigenvalue weighted by Crippen LogP contribution is -2.66. The standard InChI is InChI=1S/C27H25ClN2O3/c1-31-21-10-11-23-24(15-21)22-5-3-2-4-18(22)14-25(23)27(32-17-33-27)26-16-29-12-13-30(26)20-8-6-19(28)7-9-20/h2-11,14-15,26,29H,12-13,16-17H2,1H3. The fraction of sp³-hybridized carbons (Fsp3) is 0.259. The number of halogens is 1. The molecule has 0 amide bonds. The van der Waals surface area contributed by atoms with E-state index in [1.54, 1.807) is 7.11 Å². The summed E-state index contributed by atoms with van der Waals surface area (Å²) in [4.78, 5) is 2.37. The van der Waals surface area contributed by atoms with Gasteiger partial charge < -0.3 is 24.4 Å². The summed E-state index contributed by atoms with van der Waals surface area (Å²) in [7, 11) is 1.70. The Hall–Kier alpha value is -2.83. The van der Waals surface area contributed by atoms with Gasteiger partial charge in [-0.3, -0.25) is 0 Å². The Kier molecular flexibility index (Phi) is 5.15. The Labute approximate surface area is 197 Å². The zero-order valence-corrected chi connectivity index (χ0v) is 19.1. The molecule has 0 spiro atoms. The van der Waals surface area contributed by atoms with Crippen molar-refractivity contribution in [1.29, 1.82) is 0 Å². The molecule has 4 aromatic rings. The second kappa shape index (κ2) is 8.19. The molecule has 6 heteroatoms. The average Bonchev–Trinajstić information content (AvgIpc) is 2.84. The molecule has 33 heavy (non-hydrogen) atoms. The van der Waals surface area contributed by atoms with Crippen LogP contribution in [0.3, 0.4) is 0 Å². The first-order chi connectivity index (χ1) is 16.2. The molecule has 6 rings (SSSR count). The summed E-state index contributed by atoms with van der Waals surface area (Å²) in [6.07, 6.45) is 0. The third-order valence-corrected chi connectivity index (χ3v) is 7.08. The largest absolute Gasteiger partial charge is 0.497 e. The van der Waals surface area contributed by atoms with Crippen molar-refractivity contribution in [3.05, 3.63) is 83.4 Å². The maximum absolute atomic E-state index is 6.37. The van der Waals surface area contributed by atoms with E-state index in [9.17, 15) is 0 Å². The molecule has 5 nitrogen and oxygen atoms in total. The molecule has 0 aliphatic carbocycles. The molecule has 2 aliphatic heterocycles. The summed E-state index contributed by atoms with van der Waals surface area (Å²) in [5.41, 5.74) is 2.15. The zero-order valence-electron chi connectivity index (χ0n) is 18.4. The van der Waals surface area contributed by atoms with Crippen molar-refractivity contribution in [3.8, 4) is 5.75 Å². The van der Waals surface area contributed by atoms with Gasteiger partial charge in [-0.25, -0.2) is 0 Å². The maximum Gasteiger partial charge on any atom is 0.222 e. The van der Waals surface area contributed by atoms with Gasteiger partial charge in [-0.05, 0) is 64.0 Å². The Balaban J connectivity index is 1.55. The summed E-state index contributed by atoms with van der Waals surface area (Å²) in [5, 5.41) is 8.84. The van der Waals surface area contributed by atoms with Crippen molar-refractivity contribution >= 4 is 38.8 Å². The molecule has 0 aromatic heterocycles. The van der Waals surface area contributed by atoms with Crippen LogP contribution >= 0.6 is 11.6 Å². The number of nitrogens with one attached hydrogen (secondary N) is 1. The average molecular weight is 461 g/mol. The lowest BCUT2D eigenvalue weighted by atomic mass is 9.87. The van der Waals surface area contributed by atoms with Gasteiger partial charge in [0.05, 0.1) is 7.11 Å². The summed E-state index contributed by atoms with van der Waals surface area (Å²) in [6.45, 7) is 2.76. The second-order valence-corrected chi connectivity index (χ2v) is 8.96. The van der Waals surface area contributed by atoms with Crippen LogP contribution in [0.4, 0.5) is 5.69 Å². The Morgan fingerprint density at radius 3 is 2.55 bits per heavy atom. The summed E-state index contributed by atoms with van der Waals surface area (Å²) in [6, 6.07) is 24.8. The highest BCUT2D eigenvalue weighted by atomic mass is 35.5. The van der Waals surface area contributed by atoms with Gasteiger partial charge in [0.25, 0.3) is 0 Å². The van der Waals surface area contributed by atoms with E-state index in [-0.39, 0.29) is 12.8 Å². The lowest BCUT2D eigenvalue weighted by Gasteiger charge is -2.53. The van der Waals surface area contributed by atoms with Crippen LogP contribution in [0.2, 0.25) is 5.02 Å². The molecule has 0 bridgehead atoms.